The lowest BCUT2D eigenvalue weighted by Crippen LogP contribution is -2.36. The second-order valence-electron chi connectivity index (χ2n) is 6.00. The van der Waals surface area contributed by atoms with E-state index in [0.717, 1.165) is 30.6 Å². The molecule has 1 amide bonds. The smallest absolute Gasteiger partial charge is 0.243 e. The van der Waals surface area contributed by atoms with Crippen LogP contribution in [0.5, 0.6) is 5.75 Å². The van der Waals surface area contributed by atoms with Gasteiger partial charge in [0.2, 0.25) is 5.91 Å². The van der Waals surface area contributed by atoms with Gasteiger partial charge in [-0.05, 0) is 43.0 Å². The van der Waals surface area contributed by atoms with Crippen molar-refractivity contribution in [1.29, 1.82) is 0 Å². The lowest BCUT2D eigenvalue weighted by Gasteiger charge is -2.30. The number of carbonyl (C=O) groups is 1. The molecular weight excluding hydrogens is 324 g/mol. The van der Waals surface area contributed by atoms with Gasteiger partial charge in [0.25, 0.3) is 0 Å². The first-order chi connectivity index (χ1) is 11.6. The van der Waals surface area contributed by atoms with Crippen LogP contribution in [0.1, 0.15) is 17.5 Å². The predicted molar refractivity (Wildman–Crippen MR) is 98.3 cm³/mol. The molecule has 1 heterocycles. The number of ether oxygens (including phenoxy) is 1. The molecule has 0 atom stereocenters. The SMILES string of the molecule is COc1cc(Cl)c(C)cc1NC(=O)CN1CCCc2ccccc21. The van der Waals surface area contributed by atoms with Crippen LogP contribution >= 0.6 is 11.6 Å². The molecule has 2 aromatic carbocycles. The molecule has 0 fully saturated rings. The second kappa shape index (κ2) is 7.14. The van der Waals surface area contributed by atoms with Gasteiger partial charge in [-0.2, -0.15) is 0 Å². The van der Waals surface area contributed by atoms with E-state index < -0.39 is 0 Å². The first-order valence-corrected chi connectivity index (χ1v) is 8.43. The monoisotopic (exact) mass is 344 g/mol. The number of anilines is 2. The summed E-state index contributed by atoms with van der Waals surface area (Å²) in [7, 11) is 1.57. The molecular formula is C19H21ClN2O2. The summed E-state index contributed by atoms with van der Waals surface area (Å²) in [6.07, 6.45) is 2.13. The molecule has 24 heavy (non-hydrogen) atoms. The number of nitrogens with zero attached hydrogens (tertiary/aromatic N) is 1. The Hall–Kier alpha value is -2.20. The number of fused-ring (bicyclic) bond motifs is 1. The summed E-state index contributed by atoms with van der Waals surface area (Å²) in [5.41, 5.74) is 4.00. The van der Waals surface area contributed by atoms with Crippen LogP contribution in [-0.4, -0.2) is 26.1 Å². The Labute approximate surface area is 147 Å². The van der Waals surface area contributed by atoms with Crippen LogP contribution in [0.15, 0.2) is 36.4 Å². The fourth-order valence-electron chi connectivity index (χ4n) is 3.07. The molecule has 0 aliphatic carbocycles. The van der Waals surface area contributed by atoms with E-state index in [2.05, 4.69) is 22.3 Å². The Morgan fingerprint density at radius 2 is 2.12 bits per heavy atom. The van der Waals surface area contributed by atoms with Crippen molar-refractivity contribution in [3.63, 3.8) is 0 Å². The van der Waals surface area contributed by atoms with Gasteiger partial charge in [0.15, 0.2) is 0 Å². The first-order valence-electron chi connectivity index (χ1n) is 8.05. The number of amides is 1. The Morgan fingerprint density at radius 1 is 1.33 bits per heavy atom. The quantitative estimate of drug-likeness (QED) is 0.909. The number of para-hydroxylation sites is 1. The van der Waals surface area contributed by atoms with E-state index in [-0.39, 0.29) is 5.91 Å². The molecule has 1 N–H and O–H groups in total. The highest BCUT2D eigenvalue weighted by atomic mass is 35.5. The average Bonchev–Trinajstić information content (AvgIpc) is 2.58. The van der Waals surface area contributed by atoms with Crippen molar-refractivity contribution < 1.29 is 9.53 Å². The molecule has 0 bridgehead atoms. The number of halogens is 1. The fourth-order valence-corrected chi connectivity index (χ4v) is 3.22. The first kappa shape index (κ1) is 16.7. The van der Waals surface area contributed by atoms with Gasteiger partial charge in [0, 0.05) is 23.3 Å². The summed E-state index contributed by atoms with van der Waals surface area (Å²) >= 11 is 6.11. The van der Waals surface area contributed by atoms with Crippen LogP contribution in [0.2, 0.25) is 5.02 Å². The van der Waals surface area contributed by atoms with Crippen molar-refractivity contribution in [2.75, 3.05) is 30.4 Å². The molecule has 5 heteroatoms. The summed E-state index contributed by atoms with van der Waals surface area (Å²) in [6.45, 7) is 3.11. The number of hydrogen-bond acceptors (Lipinski definition) is 3. The van der Waals surface area contributed by atoms with E-state index in [1.807, 2.05) is 25.1 Å². The molecule has 0 saturated carbocycles. The Morgan fingerprint density at radius 3 is 2.92 bits per heavy atom. The molecule has 0 unspecified atom stereocenters. The van der Waals surface area contributed by atoms with Gasteiger partial charge in [0.05, 0.1) is 19.3 Å². The molecule has 2 aromatic rings. The van der Waals surface area contributed by atoms with Crippen molar-refractivity contribution in [3.8, 4) is 5.75 Å². The van der Waals surface area contributed by atoms with Gasteiger partial charge >= 0.3 is 0 Å². The summed E-state index contributed by atoms with van der Waals surface area (Å²) in [5.74, 6) is 0.504. The van der Waals surface area contributed by atoms with Crippen molar-refractivity contribution in [2.45, 2.75) is 19.8 Å². The van der Waals surface area contributed by atoms with Crippen molar-refractivity contribution in [3.05, 3.63) is 52.5 Å². The minimum atomic E-state index is -0.0632. The van der Waals surface area contributed by atoms with E-state index in [1.165, 1.54) is 5.56 Å². The van der Waals surface area contributed by atoms with E-state index in [9.17, 15) is 4.79 Å². The topological polar surface area (TPSA) is 41.6 Å². The largest absolute Gasteiger partial charge is 0.495 e. The van der Waals surface area contributed by atoms with Crippen molar-refractivity contribution >= 4 is 28.9 Å². The van der Waals surface area contributed by atoms with Gasteiger partial charge in [-0.3, -0.25) is 4.79 Å². The van der Waals surface area contributed by atoms with Gasteiger partial charge < -0.3 is 15.0 Å². The number of carbonyl (C=O) groups excluding carboxylic acids is 1. The van der Waals surface area contributed by atoms with Crippen LogP contribution in [0, 0.1) is 6.92 Å². The predicted octanol–water partition coefficient (Wildman–Crippen LogP) is 4.05. The molecule has 126 valence electrons. The Bertz CT molecular complexity index is 761. The number of hydrogen-bond donors (Lipinski definition) is 1. The molecule has 0 saturated heterocycles. The number of benzene rings is 2. The van der Waals surface area contributed by atoms with Gasteiger partial charge in [0.1, 0.15) is 5.75 Å². The summed E-state index contributed by atoms with van der Waals surface area (Å²) < 4.78 is 5.32. The third-order valence-corrected chi connectivity index (χ3v) is 4.70. The minimum Gasteiger partial charge on any atom is -0.495 e. The van der Waals surface area contributed by atoms with Crippen molar-refractivity contribution in [2.24, 2.45) is 0 Å². The summed E-state index contributed by atoms with van der Waals surface area (Å²) in [5, 5.41) is 3.56. The zero-order chi connectivity index (χ0) is 17.1. The van der Waals surface area contributed by atoms with Crippen LogP contribution in [-0.2, 0) is 11.2 Å². The van der Waals surface area contributed by atoms with Gasteiger partial charge in [-0.1, -0.05) is 29.8 Å². The normalized spacial score (nSPS) is 13.4. The van der Waals surface area contributed by atoms with E-state index >= 15 is 0 Å². The zero-order valence-electron chi connectivity index (χ0n) is 13.9. The van der Waals surface area contributed by atoms with Crippen LogP contribution in [0.3, 0.4) is 0 Å². The molecule has 3 rings (SSSR count). The van der Waals surface area contributed by atoms with E-state index in [0.29, 0.717) is 23.0 Å². The molecule has 1 aliphatic rings. The van der Waals surface area contributed by atoms with Crippen LogP contribution in [0.4, 0.5) is 11.4 Å². The second-order valence-corrected chi connectivity index (χ2v) is 6.41. The third-order valence-electron chi connectivity index (χ3n) is 4.30. The lowest BCUT2D eigenvalue weighted by atomic mass is 10.0. The maximum atomic E-state index is 12.5. The number of methoxy groups -OCH3 is 1. The molecule has 4 nitrogen and oxygen atoms in total. The Balaban J connectivity index is 1.74. The maximum Gasteiger partial charge on any atom is 0.243 e. The number of nitrogens with one attached hydrogen (secondary N) is 1. The molecule has 0 aromatic heterocycles. The average molecular weight is 345 g/mol. The highest BCUT2D eigenvalue weighted by Gasteiger charge is 2.19. The van der Waals surface area contributed by atoms with E-state index in [1.54, 1.807) is 13.2 Å². The van der Waals surface area contributed by atoms with Gasteiger partial charge in [-0.25, -0.2) is 0 Å². The van der Waals surface area contributed by atoms with Crippen molar-refractivity contribution in [1.82, 2.24) is 0 Å². The number of rotatable bonds is 4. The van der Waals surface area contributed by atoms with Crippen LogP contribution < -0.4 is 15.0 Å². The summed E-state index contributed by atoms with van der Waals surface area (Å²) in [4.78, 5) is 14.6. The highest BCUT2D eigenvalue weighted by molar-refractivity contribution is 6.31. The van der Waals surface area contributed by atoms with E-state index in [4.69, 9.17) is 16.3 Å². The zero-order valence-corrected chi connectivity index (χ0v) is 14.7. The highest BCUT2D eigenvalue weighted by Crippen LogP contribution is 2.31. The lowest BCUT2D eigenvalue weighted by molar-refractivity contribution is -0.115. The number of aryl methyl sites for hydroxylation is 2. The fraction of sp³-hybridized carbons (Fsp3) is 0.316. The Kier molecular flexibility index (Phi) is 4.95. The molecule has 0 spiro atoms. The standard InChI is InChI=1S/C19H21ClN2O2/c1-13-10-16(18(24-2)11-15(13)20)21-19(23)12-22-9-5-7-14-6-3-4-8-17(14)22/h3-4,6,8,10-11H,5,7,9,12H2,1-2H3,(H,21,23). The third kappa shape index (κ3) is 3.49. The van der Waals surface area contributed by atoms with Gasteiger partial charge in [-0.15, -0.1) is 0 Å². The molecule has 1 aliphatic heterocycles. The van der Waals surface area contributed by atoms with Crippen LogP contribution in [0.25, 0.3) is 0 Å². The summed E-state index contributed by atoms with van der Waals surface area (Å²) in [6, 6.07) is 11.8. The minimum absolute atomic E-state index is 0.0632. The molecule has 0 radical (unpaired) electrons. The maximum absolute atomic E-state index is 12.5.